The molecule has 0 amide bonds. The molecule has 0 saturated heterocycles. The van der Waals surface area contributed by atoms with Crippen molar-refractivity contribution >= 4 is 24.8 Å². The molecule has 0 aliphatic carbocycles. The Morgan fingerprint density at radius 3 is 2.10 bits per heavy atom. The standard InChI is InChI=1S/C7H7.2ClH.Ti/c1-7-5-3-2-4-6-7;;;/h2-3,5-6H,1H3;2*1H;/q-1;;;. The summed E-state index contributed by atoms with van der Waals surface area (Å²) in [5.41, 5.74) is 1.27. The van der Waals surface area contributed by atoms with Gasteiger partial charge >= 0.3 is 0 Å². The average molecular weight is 212 g/mol. The van der Waals surface area contributed by atoms with Gasteiger partial charge in [0.05, 0.1) is 0 Å². The van der Waals surface area contributed by atoms with Crippen molar-refractivity contribution in [2.24, 2.45) is 0 Å². The number of aryl methyl sites for hydroxylation is 1. The van der Waals surface area contributed by atoms with E-state index in [4.69, 9.17) is 0 Å². The second-order valence-corrected chi connectivity index (χ2v) is 1.58. The van der Waals surface area contributed by atoms with Crippen LogP contribution < -0.4 is 0 Å². The summed E-state index contributed by atoms with van der Waals surface area (Å²) in [6, 6.07) is 10.8. The van der Waals surface area contributed by atoms with E-state index < -0.39 is 0 Å². The van der Waals surface area contributed by atoms with E-state index in [-0.39, 0.29) is 46.5 Å². The fourth-order valence-electron chi connectivity index (χ4n) is 0.483. The summed E-state index contributed by atoms with van der Waals surface area (Å²) in [6.07, 6.45) is 0. The van der Waals surface area contributed by atoms with Crippen molar-refractivity contribution in [2.45, 2.75) is 6.92 Å². The normalized spacial score (nSPS) is 6.10. The van der Waals surface area contributed by atoms with Gasteiger partial charge in [-0.1, -0.05) is 6.92 Å². The van der Waals surface area contributed by atoms with E-state index >= 15 is 0 Å². The molecule has 0 aromatic heterocycles. The summed E-state index contributed by atoms with van der Waals surface area (Å²) < 4.78 is 0. The summed E-state index contributed by atoms with van der Waals surface area (Å²) in [7, 11) is 0. The first-order valence-corrected chi connectivity index (χ1v) is 2.32. The molecule has 0 heterocycles. The molecule has 0 unspecified atom stereocenters. The summed E-state index contributed by atoms with van der Waals surface area (Å²) >= 11 is 0. The molecule has 0 radical (unpaired) electrons. The van der Waals surface area contributed by atoms with Crippen LogP contribution in [0.5, 0.6) is 0 Å². The van der Waals surface area contributed by atoms with Crippen molar-refractivity contribution in [3.05, 3.63) is 35.9 Å². The third-order valence-corrected chi connectivity index (χ3v) is 0.863. The Balaban J connectivity index is -0.000000163. The van der Waals surface area contributed by atoms with Gasteiger partial charge in [-0.2, -0.15) is 35.9 Å². The molecule has 0 aliphatic rings. The molecule has 0 bridgehead atoms. The van der Waals surface area contributed by atoms with Gasteiger partial charge in [-0.25, -0.2) is 0 Å². The quantitative estimate of drug-likeness (QED) is 0.458. The maximum Gasteiger partial charge on any atom is 0 e. The molecule has 1 aromatic carbocycles. The zero-order valence-electron chi connectivity index (χ0n) is 5.63. The predicted octanol–water partition coefficient (Wildman–Crippen LogP) is 2.64. The molecule has 0 saturated carbocycles. The Morgan fingerprint density at radius 2 is 1.90 bits per heavy atom. The first-order valence-electron chi connectivity index (χ1n) is 2.32. The molecular formula is C7H9Cl2Ti-. The molecule has 1 aromatic rings. The van der Waals surface area contributed by atoms with Crippen molar-refractivity contribution in [2.75, 3.05) is 0 Å². The number of hydrogen-bond donors (Lipinski definition) is 0. The largest absolute Gasteiger partial charge is 0.184 e. The molecule has 10 heavy (non-hydrogen) atoms. The van der Waals surface area contributed by atoms with Gasteiger partial charge in [-0.05, 0) is 0 Å². The van der Waals surface area contributed by atoms with Crippen LogP contribution in [-0.2, 0) is 21.7 Å². The van der Waals surface area contributed by atoms with E-state index in [0.29, 0.717) is 0 Å². The summed E-state index contributed by atoms with van der Waals surface area (Å²) in [6.45, 7) is 2.05. The first kappa shape index (κ1) is 16.9. The Morgan fingerprint density at radius 1 is 1.30 bits per heavy atom. The molecule has 3 heteroatoms. The minimum absolute atomic E-state index is 0. The first-order chi connectivity index (χ1) is 3.39. The van der Waals surface area contributed by atoms with Gasteiger partial charge in [0.15, 0.2) is 0 Å². The average Bonchev–Trinajstić information content (AvgIpc) is 1.69. The molecule has 56 valence electrons. The maximum absolute atomic E-state index is 2.96. The summed E-state index contributed by atoms with van der Waals surface area (Å²) in [5, 5.41) is 0. The Hall–Kier alpha value is 0.514. The van der Waals surface area contributed by atoms with Crippen molar-refractivity contribution in [1.82, 2.24) is 0 Å². The van der Waals surface area contributed by atoms with Gasteiger partial charge in [0.2, 0.25) is 0 Å². The van der Waals surface area contributed by atoms with Crippen LogP contribution >= 0.6 is 24.8 Å². The van der Waals surface area contributed by atoms with Crippen molar-refractivity contribution in [3.63, 3.8) is 0 Å². The monoisotopic (exact) mass is 211 g/mol. The fraction of sp³-hybridized carbons (Fsp3) is 0.143. The van der Waals surface area contributed by atoms with Crippen molar-refractivity contribution in [3.8, 4) is 0 Å². The Kier molecular flexibility index (Phi) is 16.0. The number of rotatable bonds is 0. The molecule has 0 atom stereocenters. The van der Waals surface area contributed by atoms with Crippen molar-refractivity contribution < 1.29 is 21.7 Å². The maximum atomic E-state index is 2.96. The van der Waals surface area contributed by atoms with E-state index in [2.05, 4.69) is 19.1 Å². The van der Waals surface area contributed by atoms with Crippen molar-refractivity contribution in [1.29, 1.82) is 0 Å². The second-order valence-electron chi connectivity index (χ2n) is 1.58. The van der Waals surface area contributed by atoms with Crippen LogP contribution in [0.3, 0.4) is 0 Å². The second kappa shape index (κ2) is 9.51. The van der Waals surface area contributed by atoms with Gasteiger partial charge in [0.25, 0.3) is 0 Å². The Bertz CT molecular complexity index is 142. The molecule has 0 nitrogen and oxygen atoms in total. The van der Waals surface area contributed by atoms with E-state index in [0.717, 1.165) is 0 Å². The van der Waals surface area contributed by atoms with Crippen LogP contribution in [0.2, 0.25) is 0 Å². The van der Waals surface area contributed by atoms with Crippen LogP contribution in [0.15, 0.2) is 24.3 Å². The topological polar surface area (TPSA) is 0 Å². The molecule has 0 fully saturated rings. The zero-order valence-corrected chi connectivity index (χ0v) is 8.82. The summed E-state index contributed by atoms with van der Waals surface area (Å²) in [4.78, 5) is 0. The minimum atomic E-state index is 0. The molecule has 0 aliphatic heterocycles. The number of halogens is 2. The van der Waals surface area contributed by atoms with E-state index in [1.165, 1.54) is 5.56 Å². The van der Waals surface area contributed by atoms with Crippen LogP contribution in [-0.4, -0.2) is 0 Å². The van der Waals surface area contributed by atoms with Crippen LogP contribution in [0, 0.1) is 13.0 Å². The molecule has 1 rings (SSSR count). The third-order valence-electron chi connectivity index (χ3n) is 0.863. The Labute approximate surface area is 89.1 Å². The minimum Gasteiger partial charge on any atom is -0.184 e. The van der Waals surface area contributed by atoms with Crippen LogP contribution in [0.1, 0.15) is 5.56 Å². The van der Waals surface area contributed by atoms with Gasteiger partial charge in [-0.15, -0.1) is 24.8 Å². The van der Waals surface area contributed by atoms with Gasteiger partial charge in [-0.3, -0.25) is 0 Å². The number of benzene rings is 1. The third kappa shape index (κ3) is 6.63. The van der Waals surface area contributed by atoms with E-state index in [1.807, 2.05) is 18.2 Å². The van der Waals surface area contributed by atoms with E-state index in [9.17, 15) is 0 Å². The molecule has 0 N–H and O–H groups in total. The van der Waals surface area contributed by atoms with Gasteiger partial charge < -0.3 is 0 Å². The molecule has 0 spiro atoms. The SMILES string of the molecule is Cc1c[c-]ccc1.Cl.Cl.[Ti]. The fourth-order valence-corrected chi connectivity index (χ4v) is 0.483. The molecular weight excluding hydrogens is 203 g/mol. The van der Waals surface area contributed by atoms with Crippen LogP contribution in [0.4, 0.5) is 0 Å². The number of hydrogen-bond acceptors (Lipinski definition) is 0. The van der Waals surface area contributed by atoms with Crippen LogP contribution in [0.25, 0.3) is 0 Å². The predicted molar refractivity (Wildman–Crippen MR) is 44.5 cm³/mol. The zero-order chi connectivity index (χ0) is 5.11. The smallest absolute Gasteiger partial charge is 0 e. The van der Waals surface area contributed by atoms with Gasteiger partial charge in [0.1, 0.15) is 0 Å². The van der Waals surface area contributed by atoms with E-state index in [1.54, 1.807) is 0 Å². The van der Waals surface area contributed by atoms with Gasteiger partial charge in [0, 0.05) is 21.7 Å². The summed E-state index contributed by atoms with van der Waals surface area (Å²) in [5.74, 6) is 0.